The maximum atomic E-state index is 12.8. The van der Waals surface area contributed by atoms with E-state index >= 15 is 0 Å². The average Bonchev–Trinajstić information content (AvgIpc) is 2.77. The molecular formula is C19H26N2O2. The van der Waals surface area contributed by atoms with E-state index in [-0.39, 0.29) is 23.9 Å². The van der Waals surface area contributed by atoms with Gasteiger partial charge in [0, 0.05) is 24.6 Å². The highest BCUT2D eigenvalue weighted by Crippen LogP contribution is 2.33. The molecule has 1 aliphatic heterocycles. The number of nitrogens with zero attached hydrogens (tertiary/aromatic N) is 1. The van der Waals surface area contributed by atoms with Crippen molar-refractivity contribution in [3.63, 3.8) is 0 Å². The van der Waals surface area contributed by atoms with Gasteiger partial charge in [0.15, 0.2) is 0 Å². The molecule has 1 aromatic carbocycles. The Morgan fingerprint density at radius 1 is 1.13 bits per heavy atom. The van der Waals surface area contributed by atoms with Crippen molar-refractivity contribution in [1.29, 1.82) is 0 Å². The molecule has 1 saturated carbocycles. The predicted molar refractivity (Wildman–Crippen MR) is 91.3 cm³/mol. The molecule has 0 saturated heterocycles. The fourth-order valence-corrected chi connectivity index (χ4v) is 3.80. The van der Waals surface area contributed by atoms with Crippen LogP contribution >= 0.6 is 0 Å². The van der Waals surface area contributed by atoms with Crippen molar-refractivity contribution in [3.8, 4) is 0 Å². The summed E-state index contributed by atoms with van der Waals surface area (Å²) in [6, 6.07) is 7.75. The molecule has 23 heavy (non-hydrogen) atoms. The summed E-state index contributed by atoms with van der Waals surface area (Å²) in [7, 11) is 0. The second-order valence-corrected chi connectivity index (χ2v) is 6.66. The zero-order valence-electron chi connectivity index (χ0n) is 13.9. The van der Waals surface area contributed by atoms with Crippen LogP contribution in [0, 0.1) is 0 Å². The number of nitrogens with one attached hydrogen (secondary N) is 1. The van der Waals surface area contributed by atoms with Crippen LogP contribution in [0.5, 0.6) is 0 Å². The molecule has 1 atom stereocenters. The highest BCUT2D eigenvalue weighted by Gasteiger charge is 2.38. The van der Waals surface area contributed by atoms with Crippen molar-refractivity contribution in [2.75, 3.05) is 4.90 Å². The van der Waals surface area contributed by atoms with Crippen molar-refractivity contribution in [2.24, 2.45) is 0 Å². The Labute approximate surface area is 138 Å². The summed E-state index contributed by atoms with van der Waals surface area (Å²) in [6.45, 7) is 1.85. The van der Waals surface area contributed by atoms with Gasteiger partial charge in [0.05, 0.1) is 0 Å². The van der Waals surface area contributed by atoms with Crippen molar-refractivity contribution in [2.45, 2.75) is 70.4 Å². The highest BCUT2D eigenvalue weighted by atomic mass is 16.2. The van der Waals surface area contributed by atoms with E-state index in [1.54, 1.807) is 4.90 Å². The number of para-hydroxylation sites is 1. The number of carbonyl (C=O) groups is 2. The quantitative estimate of drug-likeness (QED) is 0.871. The van der Waals surface area contributed by atoms with Crippen LogP contribution in [0.3, 0.4) is 0 Å². The summed E-state index contributed by atoms with van der Waals surface area (Å²) in [5.41, 5.74) is 2.00. The molecule has 124 valence electrons. The van der Waals surface area contributed by atoms with Crippen LogP contribution in [0.25, 0.3) is 0 Å². The lowest BCUT2D eigenvalue weighted by molar-refractivity contribution is -0.126. The molecule has 1 aromatic rings. The number of fused-ring (bicyclic) bond motifs is 1. The largest absolute Gasteiger partial charge is 0.352 e. The second kappa shape index (κ2) is 7.16. The standard InChI is InChI=1S/C19H26N2O2/c1-2-18(22)21-16-12-8-7-9-14(16)13-17(21)19(23)20-15-10-5-3-4-6-11-15/h7-9,12,15,17H,2-6,10-11,13H2,1H3,(H,20,23)/t17-/m0/s1. The van der Waals surface area contributed by atoms with Gasteiger partial charge in [0.2, 0.25) is 11.8 Å². The Kier molecular flexibility index (Phi) is 4.99. The van der Waals surface area contributed by atoms with Gasteiger partial charge in [-0.1, -0.05) is 50.8 Å². The summed E-state index contributed by atoms with van der Waals surface area (Å²) in [4.78, 5) is 26.9. The number of amides is 2. The fraction of sp³-hybridized carbons (Fsp3) is 0.579. The fourth-order valence-electron chi connectivity index (χ4n) is 3.80. The molecule has 2 amide bonds. The molecule has 1 fully saturated rings. The lowest BCUT2D eigenvalue weighted by atomic mass is 10.1. The minimum absolute atomic E-state index is 0.00917. The van der Waals surface area contributed by atoms with Crippen LogP contribution in [0.4, 0.5) is 5.69 Å². The minimum Gasteiger partial charge on any atom is -0.352 e. The molecule has 4 nitrogen and oxygen atoms in total. The molecule has 2 aliphatic rings. The van der Waals surface area contributed by atoms with Crippen LogP contribution in [0.2, 0.25) is 0 Å². The van der Waals surface area contributed by atoms with E-state index in [2.05, 4.69) is 5.32 Å². The molecule has 0 spiro atoms. The van der Waals surface area contributed by atoms with Crippen molar-refractivity contribution in [1.82, 2.24) is 5.32 Å². The first-order valence-electron chi connectivity index (χ1n) is 8.91. The number of carbonyl (C=O) groups excluding carboxylic acids is 2. The summed E-state index contributed by atoms with van der Waals surface area (Å²) in [5.74, 6) is 0.0332. The van der Waals surface area contributed by atoms with Gasteiger partial charge in [-0.05, 0) is 24.5 Å². The van der Waals surface area contributed by atoms with E-state index in [0.29, 0.717) is 12.8 Å². The molecule has 0 aromatic heterocycles. The van der Waals surface area contributed by atoms with Gasteiger partial charge in [-0.3, -0.25) is 14.5 Å². The van der Waals surface area contributed by atoms with E-state index in [4.69, 9.17) is 0 Å². The van der Waals surface area contributed by atoms with E-state index in [0.717, 1.165) is 24.1 Å². The van der Waals surface area contributed by atoms with Gasteiger partial charge < -0.3 is 5.32 Å². The molecular weight excluding hydrogens is 288 g/mol. The molecule has 0 radical (unpaired) electrons. The number of hydrogen-bond donors (Lipinski definition) is 1. The first-order chi connectivity index (χ1) is 11.2. The van der Waals surface area contributed by atoms with E-state index in [1.807, 2.05) is 31.2 Å². The third-order valence-electron chi connectivity index (χ3n) is 5.05. The summed E-state index contributed by atoms with van der Waals surface area (Å²) in [6.07, 6.45) is 8.08. The SMILES string of the molecule is CCC(=O)N1c2ccccc2C[C@H]1C(=O)NC1CCCCCC1. The predicted octanol–water partition coefficient (Wildman–Crippen LogP) is 3.19. The summed E-state index contributed by atoms with van der Waals surface area (Å²) >= 11 is 0. The summed E-state index contributed by atoms with van der Waals surface area (Å²) in [5, 5.41) is 3.21. The van der Waals surface area contributed by atoms with Crippen LogP contribution in [-0.4, -0.2) is 23.9 Å². The van der Waals surface area contributed by atoms with Gasteiger partial charge in [0.1, 0.15) is 6.04 Å². The molecule has 1 aliphatic carbocycles. The van der Waals surface area contributed by atoms with Crippen LogP contribution in [-0.2, 0) is 16.0 Å². The van der Waals surface area contributed by atoms with Crippen LogP contribution in [0.15, 0.2) is 24.3 Å². The number of benzene rings is 1. The lowest BCUT2D eigenvalue weighted by Gasteiger charge is -2.26. The van der Waals surface area contributed by atoms with E-state index in [1.165, 1.54) is 25.7 Å². The van der Waals surface area contributed by atoms with Crippen molar-refractivity contribution >= 4 is 17.5 Å². The molecule has 4 heteroatoms. The second-order valence-electron chi connectivity index (χ2n) is 6.66. The monoisotopic (exact) mass is 314 g/mol. The van der Waals surface area contributed by atoms with E-state index < -0.39 is 0 Å². The zero-order chi connectivity index (χ0) is 16.2. The van der Waals surface area contributed by atoms with Gasteiger partial charge in [0.25, 0.3) is 0 Å². The topological polar surface area (TPSA) is 49.4 Å². The third-order valence-corrected chi connectivity index (χ3v) is 5.05. The zero-order valence-corrected chi connectivity index (χ0v) is 13.9. The average molecular weight is 314 g/mol. The maximum absolute atomic E-state index is 12.8. The van der Waals surface area contributed by atoms with E-state index in [9.17, 15) is 9.59 Å². The van der Waals surface area contributed by atoms with Crippen molar-refractivity contribution < 1.29 is 9.59 Å². The first-order valence-corrected chi connectivity index (χ1v) is 8.91. The minimum atomic E-state index is -0.386. The Morgan fingerprint density at radius 3 is 2.52 bits per heavy atom. The first kappa shape index (κ1) is 16.0. The van der Waals surface area contributed by atoms with Gasteiger partial charge >= 0.3 is 0 Å². The lowest BCUT2D eigenvalue weighted by Crippen LogP contribution is -2.50. The number of rotatable bonds is 3. The molecule has 1 N–H and O–H groups in total. The van der Waals surface area contributed by atoms with Gasteiger partial charge in [-0.2, -0.15) is 0 Å². The molecule has 3 rings (SSSR count). The molecule has 0 bridgehead atoms. The Morgan fingerprint density at radius 2 is 1.83 bits per heavy atom. The normalized spacial score (nSPS) is 21.6. The number of hydrogen-bond acceptors (Lipinski definition) is 2. The smallest absolute Gasteiger partial charge is 0.243 e. The van der Waals surface area contributed by atoms with Gasteiger partial charge in [-0.15, -0.1) is 0 Å². The van der Waals surface area contributed by atoms with Crippen LogP contribution in [0.1, 0.15) is 57.4 Å². The molecule has 1 heterocycles. The van der Waals surface area contributed by atoms with Gasteiger partial charge in [-0.25, -0.2) is 0 Å². The highest BCUT2D eigenvalue weighted by molar-refractivity contribution is 6.03. The Bertz CT molecular complexity index is 576. The Balaban J connectivity index is 1.75. The maximum Gasteiger partial charge on any atom is 0.243 e. The van der Waals surface area contributed by atoms with Crippen LogP contribution < -0.4 is 10.2 Å². The number of anilines is 1. The summed E-state index contributed by atoms with van der Waals surface area (Å²) < 4.78 is 0. The van der Waals surface area contributed by atoms with Crippen molar-refractivity contribution in [3.05, 3.63) is 29.8 Å². The molecule has 0 unspecified atom stereocenters. The third kappa shape index (κ3) is 3.41. The Hall–Kier alpha value is -1.84.